The number of hydrogen-bond acceptors (Lipinski definition) is 4. The Labute approximate surface area is 186 Å². The van der Waals surface area contributed by atoms with Gasteiger partial charge in [0.2, 0.25) is 0 Å². The van der Waals surface area contributed by atoms with Crippen LogP contribution in [0.15, 0.2) is 59.5 Å². The van der Waals surface area contributed by atoms with Crippen LogP contribution in [0, 0.1) is 0 Å². The van der Waals surface area contributed by atoms with Gasteiger partial charge in [0.25, 0.3) is 0 Å². The number of carbonyl (C=O) groups excluding carboxylic acids is 1. The molecule has 0 saturated carbocycles. The minimum absolute atomic E-state index is 0.208. The molecule has 1 atom stereocenters. The zero-order chi connectivity index (χ0) is 20.5. The number of thioether (sulfide) groups is 1. The van der Waals surface area contributed by atoms with Crippen molar-refractivity contribution in [3.8, 4) is 5.75 Å². The van der Waals surface area contributed by atoms with Gasteiger partial charge in [0, 0.05) is 35.8 Å². The Balaban J connectivity index is 1.22. The van der Waals surface area contributed by atoms with Crippen molar-refractivity contribution in [1.82, 2.24) is 4.90 Å². The fourth-order valence-corrected chi connectivity index (χ4v) is 5.39. The number of rotatable bonds is 5. The van der Waals surface area contributed by atoms with Crippen molar-refractivity contribution in [1.29, 1.82) is 0 Å². The van der Waals surface area contributed by atoms with E-state index in [1.54, 1.807) is 0 Å². The van der Waals surface area contributed by atoms with Crippen molar-refractivity contribution in [3.05, 3.63) is 70.7 Å². The highest BCUT2D eigenvalue weighted by atomic mass is 35.5. The molecule has 0 aliphatic carbocycles. The lowest BCUT2D eigenvalue weighted by Crippen LogP contribution is -2.23. The third-order valence-corrected chi connectivity index (χ3v) is 7.34. The van der Waals surface area contributed by atoms with E-state index < -0.39 is 0 Å². The van der Waals surface area contributed by atoms with Crippen LogP contribution in [0.3, 0.4) is 0 Å². The maximum absolute atomic E-state index is 12.8. The number of fused-ring (bicyclic) bond motifs is 2. The van der Waals surface area contributed by atoms with Crippen LogP contribution < -0.4 is 4.74 Å². The Morgan fingerprint density at radius 1 is 1.10 bits per heavy atom. The van der Waals surface area contributed by atoms with Crippen LogP contribution in [0.5, 0.6) is 5.75 Å². The number of hydrogen-bond donors (Lipinski definition) is 0. The van der Waals surface area contributed by atoms with Gasteiger partial charge in [0.1, 0.15) is 5.75 Å². The van der Waals surface area contributed by atoms with Crippen molar-refractivity contribution in [2.75, 3.05) is 32.0 Å². The Morgan fingerprint density at radius 2 is 1.97 bits per heavy atom. The SMILES string of the molecule is O=C(CCN1CCC(c2ccc(Cl)cc2)C1)c1ccc2cc3c(cc2c1)OCCS3. The zero-order valence-corrected chi connectivity index (χ0v) is 18.3. The summed E-state index contributed by atoms with van der Waals surface area (Å²) in [6.07, 6.45) is 1.69. The van der Waals surface area contributed by atoms with E-state index in [-0.39, 0.29) is 5.78 Å². The normalized spacial score (nSPS) is 18.9. The van der Waals surface area contributed by atoms with Gasteiger partial charge in [-0.2, -0.15) is 0 Å². The average molecular weight is 438 g/mol. The number of nitrogens with zero attached hydrogens (tertiary/aromatic N) is 1. The third kappa shape index (κ3) is 4.22. The molecular formula is C25H24ClNO2S. The summed E-state index contributed by atoms with van der Waals surface area (Å²) in [7, 11) is 0. The molecule has 5 rings (SSSR count). The van der Waals surface area contributed by atoms with Gasteiger partial charge < -0.3 is 9.64 Å². The Kier molecular flexibility index (Phi) is 5.72. The molecule has 0 aromatic heterocycles. The summed E-state index contributed by atoms with van der Waals surface area (Å²) in [6, 6.07) is 18.5. The second kappa shape index (κ2) is 8.62. The fourth-order valence-electron chi connectivity index (χ4n) is 4.40. The molecule has 30 heavy (non-hydrogen) atoms. The monoisotopic (exact) mass is 437 g/mol. The number of carbonyl (C=O) groups is 1. The first-order valence-corrected chi connectivity index (χ1v) is 11.9. The molecule has 0 amide bonds. The van der Waals surface area contributed by atoms with Gasteiger partial charge >= 0.3 is 0 Å². The van der Waals surface area contributed by atoms with Crippen LogP contribution in [0.1, 0.15) is 34.7 Å². The number of ether oxygens (including phenoxy) is 1. The van der Waals surface area contributed by atoms with Crippen LogP contribution in [-0.2, 0) is 0 Å². The third-order valence-electron chi connectivity index (χ3n) is 6.09. The van der Waals surface area contributed by atoms with E-state index >= 15 is 0 Å². The number of likely N-dealkylation sites (tertiary alicyclic amines) is 1. The molecule has 2 heterocycles. The van der Waals surface area contributed by atoms with Crippen LogP contribution >= 0.6 is 23.4 Å². The molecular weight excluding hydrogens is 414 g/mol. The minimum Gasteiger partial charge on any atom is -0.492 e. The van der Waals surface area contributed by atoms with Crippen molar-refractivity contribution >= 4 is 39.9 Å². The molecule has 2 aliphatic heterocycles. The number of Topliss-reactive ketones (excluding diaryl/α,β-unsaturated/α-hetero) is 1. The van der Waals surface area contributed by atoms with E-state index in [2.05, 4.69) is 35.2 Å². The lowest BCUT2D eigenvalue weighted by molar-refractivity contribution is 0.0969. The molecule has 2 aliphatic rings. The van der Waals surface area contributed by atoms with Crippen molar-refractivity contribution in [2.45, 2.75) is 23.7 Å². The Hall–Kier alpha value is -2.01. The van der Waals surface area contributed by atoms with E-state index in [1.807, 2.05) is 36.0 Å². The highest BCUT2D eigenvalue weighted by Gasteiger charge is 2.24. The van der Waals surface area contributed by atoms with Gasteiger partial charge in [-0.1, -0.05) is 35.9 Å². The highest BCUT2D eigenvalue weighted by Crippen LogP contribution is 2.37. The summed E-state index contributed by atoms with van der Waals surface area (Å²) < 4.78 is 5.78. The maximum Gasteiger partial charge on any atom is 0.164 e. The van der Waals surface area contributed by atoms with Crippen LogP contribution in [0.25, 0.3) is 10.8 Å². The largest absolute Gasteiger partial charge is 0.492 e. The second-order valence-corrected chi connectivity index (χ2v) is 9.64. The van der Waals surface area contributed by atoms with E-state index in [1.165, 1.54) is 10.5 Å². The lowest BCUT2D eigenvalue weighted by Gasteiger charge is -2.18. The van der Waals surface area contributed by atoms with Gasteiger partial charge in [-0.3, -0.25) is 4.79 Å². The molecule has 5 heteroatoms. The predicted octanol–water partition coefficient (Wildman–Crippen LogP) is 6.04. The van der Waals surface area contributed by atoms with Crippen LogP contribution in [0.4, 0.5) is 0 Å². The topological polar surface area (TPSA) is 29.5 Å². The second-order valence-electron chi connectivity index (χ2n) is 8.07. The molecule has 1 unspecified atom stereocenters. The first-order chi connectivity index (χ1) is 14.7. The van der Waals surface area contributed by atoms with Gasteiger partial charge in [-0.25, -0.2) is 0 Å². The van der Waals surface area contributed by atoms with Crippen molar-refractivity contribution < 1.29 is 9.53 Å². The molecule has 3 aromatic carbocycles. The summed E-state index contributed by atoms with van der Waals surface area (Å²) in [5.41, 5.74) is 2.13. The van der Waals surface area contributed by atoms with E-state index in [0.29, 0.717) is 12.3 Å². The van der Waals surface area contributed by atoms with Crippen molar-refractivity contribution in [3.63, 3.8) is 0 Å². The molecule has 0 N–H and O–H groups in total. The molecule has 0 radical (unpaired) electrons. The molecule has 3 nitrogen and oxygen atoms in total. The van der Waals surface area contributed by atoms with Gasteiger partial charge in [0.05, 0.1) is 11.5 Å². The molecule has 3 aromatic rings. The Morgan fingerprint density at radius 3 is 2.83 bits per heavy atom. The highest BCUT2D eigenvalue weighted by molar-refractivity contribution is 7.99. The standard InChI is InChI=1S/C25H24ClNO2S/c26-22-5-3-17(4-6-22)20-7-9-27(16-20)10-8-23(28)19-2-1-18-15-25-24(14-21(18)13-19)29-11-12-30-25/h1-6,13-15,20H,7-12,16H2. The smallest absolute Gasteiger partial charge is 0.164 e. The van der Waals surface area contributed by atoms with Crippen LogP contribution in [-0.4, -0.2) is 42.7 Å². The van der Waals surface area contributed by atoms with E-state index in [9.17, 15) is 4.79 Å². The number of halogens is 1. The van der Waals surface area contributed by atoms with Crippen LogP contribution in [0.2, 0.25) is 5.02 Å². The summed E-state index contributed by atoms with van der Waals surface area (Å²) >= 11 is 7.84. The summed E-state index contributed by atoms with van der Waals surface area (Å²) in [6.45, 7) is 3.60. The van der Waals surface area contributed by atoms with Gasteiger partial charge in [-0.15, -0.1) is 11.8 Å². The number of ketones is 1. The zero-order valence-electron chi connectivity index (χ0n) is 16.8. The Bertz CT molecular complexity index is 1080. The lowest BCUT2D eigenvalue weighted by atomic mass is 9.99. The summed E-state index contributed by atoms with van der Waals surface area (Å²) in [5, 5.41) is 3.01. The minimum atomic E-state index is 0.208. The summed E-state index contributed by atoms with van der Waals surface area (Å²) in [4.78, 5) is 16.4. The molecule has 154 valence electrons. The number of benzene rings is 3. The first-order valence-electron chi connectivity index (χ1n) is 10.5. The van der Waals surface area contributed by atoms with Gasteiger partial charge in [0.15, 0.2) is 5.78 Å². The fraction of sp³-hybridized carbons (Fsp3) is 0.320. The first kappa shape index (κ1) is 19.9. The van der Waals surface area contributed by atoms with E-state index in [4.69, 9.17) is 16.3 Å². The van der Waals surface area contributed by atoms with Gasteiger partial charge in [-0.05, 0) is 65.6 Å². The predicted molar refractivity (Wildman–Crippen MR) is 124 cm³/mol. The molecule has 1 saturated heterocycles. The molecule has 0 bridgehead atoms. The van der Waals surface area contributed by atoms with E-state index in [0.717, 1.165) is 65.5 Å². The molecule has 1 fully saturated rings. The quantitative estimate of drug-likeness (QED) is 0.455. The molecule has 0 spiro atoms. The maximum atomic E-state index is 12.8. The summed E-state index contributed by atoms with van der Waals surface area (Å²) in [5.74, 6) is 2.67. The van der Waals surface area contributed by atoms with Crippen molar-refractivity contribution in [2.24, 2.45) is 0 Å². The average Bonchev–Trinajstić information content (AvgIpc) is 3.25.